The number of fused-ring (bicyclic) bond motifs is 1. The molecule has 1 aromatic rings. The zero-order chi connectivity index (χ0) is 24.9. The fourth-order valence-electron chi connectivity index (χ4n) is 3.46. The molecule has 184 valence electrons. The number of nitrogens with one attached hydrogen (secondary N) is 1. The topological polar surface area (TPSA) is 140 Å². The number of thioether (sulfide) groups is 3. The summed E-state index contributed by atoms with van der Waals surface area (Å²) in [6, 6.07) is 4.82. The van der Waals surface area contributed by atoms with Crippen molar-refractivity contribution in [2.24, 2.45) is 5.16 Å². The first-order chi connectivity index (χ1) is 16.9. The van der Waals surface area contributed by atoms with Crippen molar-refractivity contribution in [2.75, 3.05) is 24.4 Å². The van der Waals surface area contributed by atoms with E-state index in [1.807, 2.05) is 5.41 Å². The van der Waals surface area contributed by atoms with Crippen LogP contribution in [0, 0.1) is 10.1 Å². The third-order valence-corrected chi connectivity index (χ3v) is 8.60. The third kappa shape index (κ3) is 5.49. The quantitative estimate of drug-likeness (QED) is 0.173. The molecule has 2 atom stereocenters. The number of β-lactam (4-membered cyclic amide) rings is 1. The minimum absolute atomic E-state index is 0.0648. The van der Waals surface area contributed by atoms with Crippen LogP contribution in [0.1, 0.15) is 5.56 Å². The van der Waals surface area contributed by atoms with E-state index in [-0.39, 0.29) is 23.7 Å². The van der Waals surface area contributed by atoms with Crippen LogP contribution in [0.25, 0.3) is 0 Å². The van der Waals surface area contributed by atoms with E-state index < -0.39 is 34.1 Å². The molecule has 1 aromatic carbocycles. The molecule has 3 heterocycles. The van der Waals surface area contributed by atoms with E-state index in [9.17, 15) is 24.5 Å². The number of ether oxygens (including phenoxy) is 1. The molecule has 14 heteroatoms. The fourth-order valence-corrected chi connectivity index (χ4v) is 6.71. The van der Waals surface area contributed by atoms with Crippen molar-refractivity contribution in [1.82, 2.24) is 10.2 Å². The molecule has 3 aliphatic heterocycles. The van der Waals surface area contributed by atoms with Crippen LogP contribution in [0.4, 0.5) is 5.69 Å². The van der Waals surface area contributed by atoms with Gasteiger partial charge in [0.05, 0.1) is 4.92 Å². The Labute approximate surface area is 212 Å². The molecule has 0 radical (unpaired) electrons. The number of nitrogens with zero attached hydrogens (tertiary/aromatic N) is 3. The molecule has 0 spiro atoms. The number of carbonyl (C=O) groups is 3. The molecule has 4 rings (SSSR count). The van der Waals surface area contributed by atoms with Crippen molar-refractivity contribution in [1.29, 1.82) is 0 Å². The summed E-state index contributed by atoms with van der Waals surface area (Å²) in [6.07, 6.45) is 1.60. The average Bonchev–Trinajstić information content (AvgIpc) is 2.88. The Morgan fingerprint density at radius 1 is 1.29 bits per heavy atom. The summed E-state index contributed by atoms with van der Waals surface area (Å²) in [5.41, 5.74) is 0.725. The first-order valence-electron chi connectivity index (χ1n) is 10.3. The molecule has 0 saturated carbocycles. The van der Waals surface area contributed by atoms with Crippen molar-refractivity contribution < 1.29 is 28.9 Å². The minimum atomic E-state index is -0.817. The normalized spacial score (nSPS) is 21.7. The number of non-ortho nitro benzene ring substituents is 1. The van der Waals surface area contributed by atoms with Crippen molar-refractivity contribution >= 4 is 64.5 Å². The first-order valence-corrected chi connectivity index (χ1v) is 13.4. The maximum atomic E-state index is 12.9. The van der Waals surface area contributed by atoms with Gasteiger partial charge in [-0.15, -0.1) is 35.3 Å². The van der Waals surface area contributed by atoms with Crippen LogP contribution in [-0.4, -0.2) is 69.1 Å². The molecule has 35 heavy (non-hydrogen) atoms. The van der Waals surface area contributed by atoms with E-state index in [1.54, 1.807) is 17.8 Å². The molecule has 0 bridgehead atoms. The van der Waals surface area contributed by atoms with Crippen LogP contribution in [0.2, 0.25) is 0 Å². The number of rotatable bonds is 8. The van der Waals surface area contributed by atoms with Gasteiger partial charge in [0.25, 0.3) is 17.5 Å². The van der Waals surface area contributed by atoms with Crippen LogP contribution in [0.3, 0.4) is 0 Å². The molecule has 0 aromatic heterocycles. The highest BCUT2D eigenvalue weighted by atomic mass is 32.2. The average molecular weight is 537 g/mol. The van der Waals surface area contributed by atoms with Crippen molar-refractivity contribution in [3.63, 3.8) is 0 Å². The summed E-state index contributed by atoms with van der Waals surface area (Å²) in [4.78, 5) is 55.5. The Morgan fingerprint density at radius 2 is 2.06 bits per heavy atom. The van der Waals surface area contributed by atoms with Crippen LogP contribution in [0.15, 0.2) is 51.5 Å². The molecular weight excluding hydrogens is 516 g/mol. The SMILES string of the molecule is CON=C(C(=O)NC1C(=O)N2C(C(=O)OCc3ccc([N+](=O)[O-])cc3)=CCS[C@@H]12)C1=CSCCS1. The predicted octanol–water partition coefficient (Wildman–Crippen LogP) is 2.25. The Morgan fingerprint density at radius 3 is 2.71 bits per heavy atom. The Balaban J connectivity index is 1.37. The molecule has 1 unspecified atom stereocenters. The Kier molecular flexibility index (Phi) is 8.03. The lowest BCUT2D eigenvalue weighted by Gasteiger charge is -2.48. The number of nitro benzene ring substituents is 1. The highest BCUT2D eigenvalue weighted by Gasteiger charge is 2.53. The lowest BCUT2D eigenvalue weighted by molar-refractivity contribution is -0.384. The van der Waals surface area contributed by atoms with Crippen LogP contribution < -0.4 is 5.32 Å². The lowest BCUT2D eigenvalue weighted by Crippen LogP contribution is -2.70. The third-order valence-electron chi connectivity index (χ3n) is 5.14. The van der Waals surface area contributed by atoms with Crippen molar-refractivity contribution in [3.8, 4) is 0 Å². The summed E-state index contributed by atoms with van der Waals surface area (Å²) in [6.45, 7) is -0.101. The molecule has 1 N–H and O–H groups in total. The van der Waals surface area contributed by atoms with Crippen LogP contribution in [0.5, 0.6) is 0 Å². The highest BCUT2D eigenvalue weighted by Crippen LogP contribution is 2.38. The zero-order valence-corrected chi connectivity index (χ0v) is 20.8. The first kappa shape index (κ1) is 25.1. The minimum Gasteiger partial charge on any atom is -0.456 e. The van der Waals surface area contributed by atoms with E-state index >= 15 is 0 Å². The maximum Gasteiger partial charge on any atom is 0.355 e. The summed E-state index contributed by atoms with van der Waals surface area (Å²) < 4.78 is 5.32. The van der Waals surface area contributed by atoms with Gasteiger partial charge in [-0.25, -0.2) is 4.79 Å². The number of oxime groups is 1. The molecule has 1 saturated heterocycles. The van der Waals surface area contributed by atoms with Crippen molar-refractivity contribution in [3.05, 3.63) is 62.0 Å². The second-order valence-corrected chi connectivity index (χ2v) is 10.6. The fraction of sp³-hybridized carbons (Fsp3) is 0.333. The number of esters is 1. The maximum absolute atomic E-state index is 12.9. The van der Waals surface area contributed by atoms with E-state index in [1.165, 1.54) is 59.8 Å². The molecular formula is C21H20N4O7S3. The van der Waals surface area contributed by atoms with Crippen LogP contribution >= 0.6 is 35.3 Å². The zero-order valence-electron chi connectivity index (χ0n) is 18.4. The van der Waals surface area contributed by atoms with E-state index in [0.29, 0.717) is 16.2 Å². The summed E-state index contributed by atoms with van der Waals surface area (Å²) in [5, 5.41) is 18.7. The van der Waals surface area contributed by atoms with Gasteiger partial charge in [0, 0.05) is 34.3 Å². The van der Waals surface area contributed by atoms with Gasteiger partial charge in [0.1, 0.15) is 30.8 Å². The lowest BCUT2D eigenvalue weighted by atomic mass is 10.0. The van der Waals surface area contributed by atoms with Gasteiger partial charge in [0.15, 0.2) is 5.71 Å². The standard InChI is InChI=1S/C21H20N4O7S3/c1-31-23-16(15-11-33-8-9-34-15)18(26)22-17-19(27)24-14(6-7-35-20(17)24)21(28)32-10-12-2-4-13(5-3-12)25(29)30/h2-6,11,17,20H,7-10H2,1H3,(H,22,26)/t17?,20-/m0/s1. The van der Waals surface area contributed by atoms with Gasteiger partial charge in [-0.3, -0.25) is 24.6 Å². The second-order valence-electron chi connectivity index (χ2n) is 7.30. The molecule has 2 amide bonds. The number of hydrogen-bond donors (Lipinski definition) is 1. The second kappa shape index (κ2) is 11.2. The van der Waals surface area contributed by atoms with Crippen LogP contribution in [-0.2, 0) is 30.6 Å². The van der Waals surface area contributed by atoms with Crippen molar-refractivity contribution in [2.45, 2.75) is 18.0 Å². The van der Waals surface area contributed by atoms with E-state index in [0.717, 1.165) is 11.5 Å². The summed E-state index contributed by atoms with van der Waals surface area (Å²) in [7, 11) is 1.35. The van der Waals surface area contributed by atoms with Gasteiger partial charge < -0.3 is 14.9 Å². The summed E-state index contributed by atoms with van der Waals surface area (Å²) in [5.74, 6) is 0.583. The Hall–Kier alpha value is -2.97. The van der Waals surface area contributed by atoms with Gasteiger partial charge >= 0.3 is 5.97 Å². The van der Waals surface area contributed by atoms with E-state index in [4.69, 9.17) is 9.57 Å². The summed E-state index contributed by atoms with van der Waals surface area (Å²) >= 11 is 4.48. The molecule has 1 fully saturated rings. The van der Waals surface area contributed by atoms with Gasteiger partial charge in [-0.05, 0) is 29.2 Å². The van der Waals surface area contributed by atoms with Gasteiger partial charge in [-0.2, -0.15) is 0 Å². The van der Waals surface area contributed by atoms with Gasteiger partial charge in [0.2, 0.25) is 0 Å². The molecule has 0 aliphatic carbocycles. The van der Waals surface area contributed by atoms with Gasteiger partial charge in [-0.1, -0.05) is 5.16 Å². The predicted molar refractivity (Wildman–Crippen MR) is 133 cm³/mol. The Bertz CT molecular complexity index is 1140. The largest absolute Gasteiger partial charge is 0.456 e. The number of nitro groups is 1. The van der Waals surface area contributed by atoms with E-state index in [2.05, 4.69) is 10.5 Å². The number of hydrogen-bond acceptors (Lipinski definition) is 11. The number of carbonyl (C=O) groups excluding carboxylic acids is 3. The molecule has 3 aliphatic rings. The monoisotopic (exact) mass is 536 g/mol. The molecule has 11 nitrogen and oxygen atoms in total. The highest BCUT2D eigenvalue weighted by molar-refractivity contribution is 8.10. The number of amides is 2. The number of benzene rings is 1. The smallest absolute Gasteiger partial charge is 0.355 e.